The molecule has 2 aromatic carbocycles. The Hall–Kier alpha value is -2.42. The number of nitrogens with zero attached hydrogens (tertiary/aromatic N) is 2. The molecule has 1 saturated heterocycles. The lowest BCUT2D eigenvalue weighted by Gasteiger charge is -2.33. The minimum atomic E-state index is -4.06. The van der Waals surface area contributed by atoms with Gasteiger partial charge in [0.25, 0.3) is 10.0 Å². The van der Waals surface area contributed by atoms with E-state index in [2.05, 4.69) is 17.1 Å². The largest absolute Gasteiger partial charge is 0.495 e. The summed E-state index contributed by atoms with van der Waals surface area (Å²) in [6.45, 7) is 7.03. The predicted molar refractivity (Wildman–Crippen MR) is 137 cm³/mol. The summed E-state index contributed by atoms with van der Waals surface area (Å²) >= 11 is 6.46. The zero-order valence-electron chi connectivity index (χ0n) is 19.9. The van der Waals surface area contributed by atoms with Gasteiger partial charge in [0.1, 0.15) is 10.6 Å². The van der Waals surface area contributed by atoms with Crippen LogP contribution in [0.2, 0.25) is 0 Å². The second-order valence-electron chi connectivity index (χ2n) is 8.87. The van der Waals surface area contributed by atoms with E-state index in [9.17, 15) is 8.42 Å². The van der Waals surface area contributed by atoms with Crippen molar-refractivity contribution in [3.63, 3.8) is 0 Å². The van der Waals surface area contributed by atoms with Gasteiger partial charge in [-0.25, -0.2) is 0 Å². The highest BCUT2D eigenvalue weighted by molar-refractivity contribution is 7.94. The monoisotopic (exact) mass is 505 g/mol. The van der Waals surface area contributed by atoms with Gasteiger partial charge in [-0.3, -0.25) is 0 Å². The Labute approximate surface area is 206 Å². The number of sulfonamides is 1. The van der Waals surface area contributed by atoms with Gasteiger partial charge in [-0.1, -0.05) is 12.5 Å². The number of methoxy groups -OCH3 is 1. The number of furan rings is 1. The topological polar surface area (TPSA) is 75.0 Å². The first-order chi connectivity index (χ1) is 16.3. The van der Waals surface area contributed by atoms with Crippen molar-refractivity contribution in [2.75, 3.05) is 35.9 Å². The molecule has 1 aromatic heterocycles. The molecule has 1 N–H and O–H groups in total. The Bertz CT molecular complexity index is 1240. The molecule has 2 heterocycles. The van der Waals surface area contributed by atoms with Crippen LogP contribution in [0.4, 0.5) is 11.4 Å². The van der Waals surface area contributed by atoms with E-state index in [0.717, 1.165) is 40.8 Å². The molecule has 1 atom stereocenters. The van der Waals surface area contributed by atoms with Gasteiger partial charge in [-0.05, 0) is 75.5 Å². The lowest BCUT2D eigenvalue weighted by atomic mass is 10.0. The zero-order valence-corrected chi connectivity index (χ0v) is 21.5. The molecule has 184 valence electrons. The summed E-state index contributed by atoms with van der Waals surface area (Å²) in [5.41, 5.74) is 2.50. The number of nitrogens with one attached hydrogen (secondary N) is 1. The number of aryl methyl sites for hydroxylation is 1. The number of halogens is 1. The Kier molecular flexibility index (Phi) is 7.60. The number of fused-ring (bicyclic) bond motifs is 1. The van der Waals surface area contributed by atoms with Gasteiger partial charge in [0, 0.05) is 36.3 Å². The van der Waals surface area contributed by atoms with E-state index < -0.39 is 10.0 Å². The molecule has 3 aromatic rings. The van der Waals surface area contributed by atoms with Crippen molar-refractivity contribution < 1.29 is 17.6 Å². The molecule has 0 spiro atoms. The Morgan fingerprint density at radius 2 is 2.06 bits per heavy atom. The van der Waals surface area contributed by atoms with Crippen molar-refractivity contribution in [3.8, 4) is 5.75 Å². The third-order valence-electron chi connectivity index (χ3n) is 6.43. The molecular formula is C25H32ClN3O4S. The maximum absolute atomic E-state index is 13.4. The first kappa shape index (κ1) is 24.7. The summed E-state index contributed by atoms with van der Waals surface area (Å²) in [7, 11) is -2.63. The number of likely N-dealkylation sites (tertiary alicyclic amines) is 1. The maximum Gasteiger partial charge on any atom is 0.281 e. The molecule has 1 aliphatic heterocycles. The molecule has 1 fully saturated rings. The summed E-state index contributed by atoms with van der Waals surface area (Å²) < 4.78 is 38.5. The Morgan fingerprint density at radius 3 is 2.82 bits per heavy atom. The number of ether oxygens (including phenoxy) is 1. The van der Waals surface area contributed by atoms with Crippen LogP contribution in [-0.4, -0.2) is 46.1 Å². The molecule has 9 heteroatoms. The standard InChI is InChI=1S/C25H32ClN3O4S/c1-18-8-9-23(32-3)24(15-18)34(30,31)29(26)21-16-20-10-14-33-25(20)22(17-21)27-11-6-13-28-12-5-4-7-19(28)2/h8-10,14-17,19,27H,4-7,11-13H2,1-3H3. The van der Waals surface area contributed by atoms with Crippen molar-refractivity contribution in [3.05, 3.63) is 48.2 Å². The van der Waals surface area contributed by atoms with Crippen LogP contribution < -0.4 is 13.9 Å². The van der Waals surface area contributed by atoms with Crippen LogP contribution >= 0.6 is 11.8 Å². The quantitative estimate of drug-likeness (QED) is 0.293. The van der Waals surface area contributed by atoms with Crippen molar-refractivity contribution in [2.45, 2.75) is 50.5 Å². The van der Waals surface area contributed by atoms with Gasteiger partial charge < -0.3 is 19.4 Å². The highest BCUT2D eigenvalue weighted by Gasteiger charge is 2.28. The highest BCUT2D eigenvalue weighted by atomic mass is 35.5. The van der Waals surface area contributed by atoms with Crippen LogP contribution in [0.25, 0.3) is 11.0 Å². The van der Waals surface area contributed by atoms with Gasteiger partial charge in [0.2, 0.25) is 0 Å². The molecule has 1 aliphatic rings. The smallest absolute Gasteiger partial charge is 0.281 e. The maximum atomic E-state index is 13.4. The number of anilines is 2. The number of benzene rings is 2. The summed E-state index contributed by atoms with van der Waals surface area (Å²) in [5.74, 6) is 0.242. The lowest BCUT2D eigenvalue weighted by Crippen LogP contribution is -2.38. The minimum Gasteiger partial charge on any atom is -0.495 e. The van der Waals surface area contributed by atoms with Gasteiger partial charge in [0.15, 0.2) is 5.58 Å². The van der Waals surface area contributed by atoms with Crippen LogP contribution in [0.3, 0.4) is 0 Å². The summed E-state index contributed by atoms with van der Waals surface area (Å²) in [5, 5.41) is 4.19. The number of piperidine rings is 1. The van der Waals surface area contributed by atoms with Crippen LogP contribution in [-0.2, 0) is 10.0 Å². The fraction of sp³-hybridized carbons (Fsp3) is 0.440. The molecule has 0 radical (unpaired) electrons. The van der Waals surface area contributed by atoms with E-state index in [1.807, 2.05) is 6.92 Å². The fourth-order valence-corrected chi connectivity index (χ4v) is 6.12. The number of hydrogen-bond acceptors (Lipinski definition) is 6. The van der Waals surface area contributed by atoms with Crippen molar-refractivity contribution in [1.29, 1.82) is 0 Å². The second-order valence-corrected chi connectivity index (χ2v) is 11.2. The normalized spacial score (nSPS) is 17.1. The molecule has 0 aliphatic carbocycles. The van der Waals surface area contributed by atoms with Gasteiger partial charge >= 0.3 is 0 Å². The lowest BCUT2D eigenvalue weighted by molar-refractivity contribution is 0.160. The van der Waals surface area contributed by atoms with E-state index in [1.165, 1.54) is 26.4 Å². The first-order valence-electron chi connectivity index (χ1n) is 11.7. The molecule has 1 unspecified atom stereocenters. The van der Waals surface area contributed by atoms with Crippen LogP contribution in [0.1, 0.15) is 38.2 Å². The molecular weight excluding hydrogens is 474 g/mol. The van der Waals surface area contributed by atoms with E-state index in [0.29, 0.717) is 23.0 Å². The molecule has 0 saturated carbocycles. The first-order valence-corrected chi connectivity index (χ1v) is 13.4. The van der Waals surface area contributed by atoms with Crippen LogP contribution in [0.5, 0.6) is 5.75 Å². The average Bonchev–Trinajstić information content (AvgIpc) is 3.31. The van der Waals surface area contributed by atoms with E-state index >= 15 is 0 Å². The van der Waals surface area contributed by atoms with Gasteiger partial charge in [0.05, 0.1) is 24.7 Å². The fourth-order valence-electron chi connectivity index (χ4n) is 4.50. The van der Waals surface area contributed by atoms with Gasteiger partial charge in [-0.2, -0.15) is 12.2 Å². The molecule has 4 rings (SSSR count). The minimum absolute atomic E-state index is 0.0162. The third kappa shape index (κ3) is 5.14. The Balaban J connectivity index is 1.55. The SMILES string of the molecule is COc1ccc(C)cc1S(=O)(=O)N(Cl)c1cc(NCCCN2CCCCC2C)c2occc2c1. The summed E-state index contributed by atoms with van der Waals surface area (Å²) in [6.07, 6.45) is 6.39. The third-order valence-corrected chi connectivity index (χ3v) is 8.67. The molecule has 34 heavy (non-hydrogen) atoms. The van der Waals surface area contributed by atoms with E-state index in [1.54, 1.807) is 42.7 Å². The second kappa shape index (κ2) is 10.5. The number of rotatable bonds is 9. The van der Waals surface area contributed by atoms with Crippen LogP contribution in [0.15, 0.2) is 52.0 Å². The average molecular weight is 506 g/mol. The Morgan fingerprint density at radius 1 is 1.24 bits per heavy atom. The molecule has 0 bridgehead atoms. The summed E-state index contributed by atoms with van der Waals surface area (Å²) in [4.78, 5) is 2.55. The van der Waals surface area contributed by atoms with Crippen molar-refractivity contribution in [2.24, 2.45) is 0 Å². The van der Waals surface area contributed by atoms with Crippen LogP contribution in [0, 0.1) is 6.92 Å². The highest BCUT2D eigenvalue weighted by Crippen LogP contribution is 2.36. The predicted octanol–water partition coefficient (Wildman–Crippen LogP) is 5.78. The van der Waals surface area contributed by atoms with E-state index in [-0.39, 0.29) is 10.6 Å². The molecule has 0 amide bonds. The van der Waals surface area contributed by atoms with Crippen molar-refractivity contribution >= 4 is 44.1 Å². The van der Waals surface area contributed by atoms with E-state index in [4.69, 9.17) is 20.9 Å². The van der Waals surface area contributed by atoms with Crippen molar-refractivity contribution in [1.82, 2.24) is 4.90 Å². The molecule has 7 nitrogen and oxygen atoms in total. The zero-order chi connectivity index (χ0) is 24.3. The summed E-state index contributed by atoms with van der Waals surface area (Å²) in [6, 6.07) is 10.8. The number of hydrogen-bond donors (Lipinski definition) is 1. The van der Waals surface area contributed by atoms with Gasteiger partial charge in [-0.15, -0.1) is 0 Å².